The maximum atomic E-state index is 11.8. The Kier molecular flexibility index (Phi) is 1.32. The topological polar surface area (TPSA) is 43.7 Å². The molecule has 2 N–H and O–H groups in total. The van der Waals surface area contributed by atoms with E-state index in [4.69, 9.17) is 21.9 Å². The van der Waals surface area contributed by atoms with Crippen molar-refractivity contribution in [2.45, 2.75) is 43.4 Å². The lowest BCUT2D eigenvalue weighted by Crippen LogP contribution is -2.42. The molecule has 3 heteroatoms. The molecule has 0 aliphatic heterocycles. The number of hydrogen-bond acceptors (Lipinski definition) is 3. The molecule has 0 spiro atoms. The van der Waals surface area contributed by atoms with E-state index in [1.54, 1.807) is 0 Å². The van der Waals surface area contributed by atoms with Crippen LogP contribution in [0.3, 0.4) is 0 Å². The van der Waals surface area contributed by atoms with Gasteiger partial charge >= 0.3 is 0 Å². The first-order valence-electron chi connectivity index (χ1n) is 13.4. The van der Waals surface area contributed by atoms with Gasteiger partial charge in [0, 0.05) is 31.6 Å². The summed E-state index contributed by atoms with van der Waals surface area (Å²) in [5.41, 5.74) is -4.97. The average molecular weight is 279 g/mol. The maximum absolute atomic E-state index is 11.8. The predicted molar refractivity (Wildman–Crippen MR) is 77.4 cm³/mol. The molecule has 0 radical (unpaired) electrons. The Morgan fingerprint density at radius 3 is 2.68 bits per heavy atom. The Hall–Kier alpha value is -1.06. The van der Waals surface area contributed by atoms with Crippen LogP contribution < -0.4 is 0 Å². The van der Waals surface area contributed by atoms with E-state index in [1.165, 1.54) is 0 Å². The van der Waals surface area contributed by atoms with Gasteiger partial charge in [0.1, 0.15) is 5.75 Å². The molecule has 1 aliphatic rings. The normalized spacial score (nSPS) is 48.4. The number of nitrogens with zero attached hydrogens (tertiary/aromatic N) is 1. The summed E-state index contributed by atoms with van der Waals surface area (Å²) in [5.74, 6) is -4.29. The number of phenols is 1. The van der Waals surface area contributed by atoms with Crippen molar-refractivity contribution in [3.63, 3.8) is 0 Å². The highest BCUT2D eigenvalue weighted by Crippen LogP contribution is 2.40. The van der Waals surface area contributed by atoms with E-state index in [9.17, 15) is 10.2 Å². The van der Waals surface area contributed by atoms with Gasteiger partial charge in [-0.15, -0.1) is 0 Å². The number of aromatic hydroxyl groups is 1. The van der Waals surface area contributed by atoms with Crippen molar-refractivity contribution in [2.24, 2.45) is 0 Å². The molecule has 1 atom stereocenters. The highest BCUT2D eigenvalue weighted by Gasteiger charge is 2.38. The third kappa shape index (κ3) is 3.48. The standard InChI is InChI=1S/C16H25NO2/c1-17(2)12-15(13-6-8-14(18)9-7-13)16(19)10-4-3-5-11-16/h6-9,15,18-19H,3-5,10-12H2,1-2H3/i1D3,3D2,4D2,5D2,8D,9D,10D2,11D2,15D. The summed E-state index contributed by atoms with van der Waals surface area (Å²) in [6.07, 6.45) is -20.1. The molecule has 1 aromatic carbocycles. The van der Waals surface area contributed by atoms with Crippen LogP contribution in [0.5, 0.6) is 5.75 Å². The second kappa shape index (κ2) is 5.93. The van der Waals surface area contributed by atoms with Gasteiger partial charge in [0.05, 0.1) is 8.34 Å². The van der Waals surface area contributed by atoms with Crippen LogP contribution in [-0.4, -0.2) is 41.3 Å². The van der Waals surface area contributed by atoms with Crippen LogP contribution in [0, 0.1) is 0 Å². The lowest BCUT2D eigenvalue weighted by molar-refractivity contribution is -0.0277. The predicted octanol–water partition coefficient (Wildman–Crippen LogP) is 2.73. The zero-order chi connectivity index (χ0) is 28.0. The Morgan fingerprint density at radius 1 is 1.47 bits per heavy atom. The van der Waals surface area contributed by atoms with Crippen LogP contribution in [0.25, 0.3) is 0 Å². The fourth-order valence-corrected chi connectivity index (χ4v) is 1.66. The minimum atomic E-state index is -4.17. The van der Waals surface area contributed by atoms with Crippen molar-refractivity contribution in [3.05, 3.63) is 29.8 Å². The number of benzene rings is 1. The fraction of sp³-hybridized carbons (Fsp3) is 0.625. The minimum Gasteiger partial charge on any atom is -0.508 e. The molecule has 19 heavy (non-hydrogen) atoms. The number of rotatable bonds is 4. The maximum Gasteiger partial charge on any atom is 0.115 e. The molecule has 1 saturated carbocycles. The lowest BCUT2D eigenvalue weighted by atomic mass is 9.72. The summed E-state index contributed by atoms with van der Waals surface area (Å²) in [5, 5.41) is 21.6. The molecule has 1 aromatic rings. The molecular weight excluding hydrogens is 238 g/mol. The number of phenolic OH excluding ortho intramolecular Hbond substituents is 1. The first-order valence-corrected chi connectivity index (χ1v) is 5.44. The fourth-order valence-electron chi connectivity index (χ4n) is 1.66. The second-order valence-corrected chi connectivity index (χ2v) is 4.05. The van der Waals surface area contributed by atoms with E-state index in [0.29, 0.717) is 17.0 Å². The summed E-state index contributed by atoms with van der Waals surface area (Å²) in [6, 6.07) is -0.455. The molecule has 1 fully saturated rings. The zero-order valence-corrected chi connectivity index (χ0v) is 10.2. The van der Waals surface area contributed by atoms with Crippen molar-refractivity contribution in [1.82, 2.24) is 4.90 Å². The molecule has 3 nitrogen and oxygen atoms in total. The summed E-state index contributed by atoms with van der Waals surface area (Å²) < 4.78 is 129. The molecule has 0 bridgehead atoms. The van der Waals surface area contributed by atoms with Gasteiger partial charge in [-0.3, -0.25) is 0 Å². The summed E-state index contributed by atoms with van der Waals surface area (Å²) in [7, 11) is 0.889. The smallest absolute Gasteiger partial charge is 0.115 e. The van der Waals surface area contributed by atoms with E-state index in [-0.39, 0.29) is 0 Å². The molecule has 2 rings (SSSR count). The van der Waals surface area contributed by atoms with Gasteiger partial charge in [-0.05, 0) is 44.4 Å². The second-order valence-electron chi connectivity index (χ2n) is 4.05. The van der Waals surface area contributed by atoms with Crippen LogP contribution in [-0.2, 0) is 0 Å². The van der Waals surface area contributed by atoms with E-state index < -0.39 is 80.3 Å². The number of hydrogen-bond donors (Lipinski definition) is 2. The SMILES string of the molecule is [2H]c1cc(C([2H])(CN(C)C([2H])([2H])[2H])C2(O)C([2H])([2H])C([2H])([2H])C([2H])([2H])C([2H])([2H])C2([2H])[2H])cc([2H])c1O. The molecule has 1 unspecified atom stereocenters. The third-order valence-electron chi connectivity index (χ3n) is 2.52. The first kappa shape index (κ1) is 4.22. The Balaban J connectivity index is 3.12. The van der Waals surface area contributed by atoms with Crippen molar-refractivity contribution < 1.29 is 32.1 Å². The van der Waals surface area contributed by atoms with Gasteiger partial charge < -0.3 is 15.1 Å². The average Bonchev–Trinajstić information content (AvgIpc) is 2.68. The first-order chi connectivity index (χ1) is 15.2. The van der Waals surface area contributed by atoms with Crippen molar-refractivity contribution in [3.8, 4) is 5.75 Å². The quantitative estimate of drug-likeness (QED) is 0.890. The van der Waals surface area contributed by atoms with Crippen molar-refractivity contribution in [2.75, 3.05) is 20.6 Å². The van der Waals surface area contributed by atoms with E-state index in [0.717, 1.165) is 7.05 Å². The van der Waals surface area contributed by atoms with Crippen LogP contribution in [0.15, 0.2) is 24.2 Å². The molecule has 0 amide bonds. The summed E-state index contributed by atoms with van der Waals surface area (Å²) >= 11 is 0. The number of likely N-dealkylation sites (N-methyl/N-ethyl adjacent to an activating group) is 1. The van der Waals surface area contributed by atoms with Gasteiger partial charge in [-0.2, -0.15) is 0 Å². The van der Waals surface area contributed by atoms with Crippen molar-refractivity contribution >= 4 is 0 Å². The van der Waals surface area contributed by atoms with E-state index in [1.807, 2.05) is 0 Å². The van der Waals surface area contributed by atoms with Crippen LogP contribution in [0.4, 0.5) is 0 Å². The molecule has 0 heterocycles. The molecule has 106 valence electrons. The summed E-state index contributed by atoms with van der Waals surface area (Å²) in [6.45, 7) is -4.34. The molecular formula is C16H25NO2. The minimum absolute atomic E-state index is 0.401. The van der Waals surface area contributed by atoms with Crippen molar-refractivity contribution in [1.29, 1.82) is 0 Å². The van der Waals surface area contributed by atoms with E-state index in [2.05, 4.69) is 0 Å². The largest absolute Gasteiger partial charge is 0.508 e. The monoisotopic (exact) mass is 279 g/mol. The molecule has 0 aromatic heterocycles. The lowest BCUT2D eigenvalue weighted by Gasteiger charge is -2.40. The van der Waals surface area contributed by atoms with Crippen LogP contribution >= 0.6 is 0 Å². The Morgan fingerprint density at radius 2 is 2.11 bits per heavy atom. The zero-order valence-electron chi connectivity index (χ0n) is 26.2. The Labute approximate surface area is 138 Å². The van der Waals surface area contributed by atoms with Gasteiger partial charge in [0.25, 0.3) is 0 Å². The van der Waals surface area contributed by atoms with Gasteiger partial charge in [0.15, 0.2) is 0 Å². The van der Waals surface area contributed by atoms with Gasteiger partial charge in [-0.25, -0.2) is 0 Å². The van der Waals surface area contributed by atoms with Crippen LogP contribution in [0.2, 0.25) is 0 Å². The molecule has 1 aliphatic carbocycles. The number of aliphatic hydroxyl groups is 1. The summed E-state index contributed by atoms with van der Waals surface area (Å²) in [4.78, 5) is 0.401. The third-order valence-corrected chi connectivity index (χ3v) is 2.52. The van der Waals surface area contributed by atoms with E-state index >= 15 is 0 Å². The van der Waals surface area contributed by atoms with Gasteiger partial charge in [-0.1, -0.05) is 31.3 Å². The molecule has 0 saturated heterocycles. The van der Waals surface area contributed by atoms with Crippen LogP contribution in [0.1, 0.15) is 65.3 Å². The highest BCUT2D eigenvalue weighted by atomic mass is 16.3. The van der Waals surface area contributed by atoms with Gasteiger partial charge in [0.2, 0.25) is 0 Å². The Bertz CT molecular complexity index is 953. The highest BCUT2D eigenvalue weighted by molar-refractivity contribution is 5.30.